The van der Waals surface area contributed by atoms with E-state index in [1.54, 1.807) is 14.0 Å². The lowest BCUT2D eigenvalue weighted by Gasteiger charge is -2.31. The molecule has 0 heterocycles. The van der Waals surface area contributed by atoms with Gasteiger partial charge in [0.2, 0.25) is 0 Å². The van der Waals surface area contributed by atoms with Gasteiger partial charge in [-0.05, 0) is 26.7 Å². The maximum atomic E-state index is 9.87. The Labute approximate surface area is 99.8 Å². The van der Waals surface area contributed by atoms with Gasteiger partial charge in [-0.1, -0.05) is 6.92 Å². The lowest BCUT2D eigenvalue weighted by Crippen LogP contribution is -2.42. The van der Waals surface area contributed by atoms with Crippen molar-refractivity contribution < 1.29 is 9.84 Å². The summed E-state index contributed by atoms with van der Waals surface area (Å²) in [7, 11) is 1.71. The molecule has 0 bridgehead atoms. The molecule has 0 aliphatic heterocycles. The van der Waals surface area contributed by atoms with Gasteiger partial charge >= 0.3 is 0 Å². The molecule has 98 valence electrons. The first-order chi connectivity index (χ1) is 7.46. The van der Waals surface area contributed by atoms with Crippen LogP contribution in [0.5, 0.6) is 0 Å². The third-order valence-corrected chi connectivity index (χ3v) is 3.17. The molecule has 0 spiro atoms. The van der Waals surface area contributed by atoms with E-state index in [0.29, 0.717) is 19.0 Å². The number of methoxy groups -OCH3 is 1. The van der Waals surface area contributed by atoms with Gasteiger partial charge in [0.15, 0.2) is 0 Å². The van der Waals surface area contributed by atoms with Gasteiger partial charge in [-0.2, -0.15) is 0 Å². The van der Waals surface area contributed by atoms with Crippen LogP contribution in [0.1, 0.15) is 33.6 Å². The van der Waals surface area contributed by atoms with E-state index >= 15 is 0 Å². The van der Waals surface area contributed by atoms with Crippen molar-refractivity contribution in [3.05, 3.63) is 0 Å². The molecule has 0 aromatic carbocycles. The highest BCUT2D eigenvalue weighted by atomic mass is 16.5. The predicted octanol–water partition coefficient (Wildman–Crippen LogP) is 0.833. The molecule has 0 saturated carbocycles. The molecule has 3 N–H and O–H groups in total. The Morgan fingerprint density at radius 1 is 1.44 bits per heavy atom. The van der Waals surface area contributed by atoms with Gasteiger partial charge in [-0.3, -0.25) is 4.90 Å². The molecule has 2 atom stereocenters. The van der Waals surface area contributed by atoms with Crippen LogP contribution in [0.25, 0.3) is 0 Å². The molecule has 0 saturated heterocycles. The Morgan fingerprint density at radius 2 is 2.06 bits per heavy atom. The third-order valence-electron chi connectivity index (χ3n) is 3.17. The Bertz CT molecular complexity index is 174. The summed E-state index contributed by atoms with van der Waals surface area (Å²) in [5, 5.41) is 9.87. The van der Waals surface area contributed by atoms with E-state index in [2.05, 4.69) is 18.7 Å². The second kappa shape index (κ2) is 8.01. The number of hydrogen-bond donors (Lipinski definition) is 2. The second-order valence-corrected chi connectivity index (χ2v) is 4.74. The maximum Gasteiger partial charge on any atom is 0.0753 e. The molecular formula is C12H28N2O2. The van der Waals surface area contributed by atoms with E-state index in [1.165, 1.54) is 0 Å². The smallest absolute Gasteiger partial charge is 0.0753 e. The molecule has 0 rings (SSSR count). The summed E-state index contributed by atoms with van der Waals surface area (Å²) >= 11 is 0. The summed E-state index contributed by atoms with van der Waals surface area (Å²) in [5.41, 5.74) is 4.76. The largest absolute Gasteiger partial charge is 0.389 e. The van der Waals surface area contributed by atoms with Gasteiger partial charge in [0, 0.05) is 32.8 Å². The van der Waals surface area contributed by atoms with Crippen LogP contribution in [0.2, 0.25) is 0 Å². The minimum atomic E-state index is -0.751. The molecular weight excluding hydrogens is 204 g/mol. The molecule has 0 amide bonds. The van der Waals surface area contributed by atoms with E-state index in [0.717, 1.165) is 26.1 Å². The zero-order chi connectivity index (χ0) is 12.6. The predicted molar refractivity (Wildman–Crippen MR) is 67.5 cm³/mol. The lowest BCUT2D eigenvalue weighted by molar-refractivity contribution is 0.0368. The van der Waals surface area contributed by atoms with Crippen LogP contribution in [0.4, 0.5) is 0 Å². The Balaban J connectivity index is 4.10. The summed E-state index contributed by atoms with van der Waals surface area (Å²) in [6.07, 6.45) is 1.81. The highest BCUT2D eigenvalue weighted by Crippen LogP contribution is 2.11. The van der Waals surface area contributed by atoms with Crippen LogP contribution < -0.4 is 5.73 Å². The lowest BCUT2D eigenvalue weighted by atomic mass is 10.0. The van der Waals surface area contributed by atoms with E-state index in [1.807, 2.05) is 0 Å². The number of nitrogens with two attached hydrogens (primary N) is 1. The van der Waals surface area contributed by atoms with Gasteiger partial charge in [0.1, 0.15) is 0 Å². The number of rotatable bonds is 9. The number of ether oxygens (including phenoxy) is 1. The van der Waals surface area contributed by atoms with Crippen molar-refractivity contribution in [2.75, 3.05) is 33.4 Å². The van der Waals surface area contributed by atoms with Gasteiger partial charge in [-0.15, -0.1) is 0 Å². The van der Waals surface area contributed by atoms with Crippen LogP contribution >= 0.6 is 0 Å². The maximum absolute atomic E-state index is 9.87. The summed E-state index contributed by atoms with van der Waals surface area (Å²) in [6, 6.07) is 0.517. The molecule has 0 aliphatic rings. The summed E-state index contributed by atoms with van der Waals surface area (Å²) in [6.45, 7) is 8.98. The molecule has 0 radical (unpaired) electrons. The molecule has 4 heteroatoms. The fourth-order valence-electron chi connectivity index (χ4n) is 1.51. The van der Waals surface area contributed by atoms with Crippen molar-refractivity contribution in [1.29, 1.82) is 0 Å². The summed E-state index contributed by atoms with van der Waals surface area (Å²) in [4.78, 5) is 2.34. The van der Waals surface area contributed by atoms with E-state index < -0.39 is 5.60 Å². The molecule has 2 unspecified atom stereocenters. The van der Waals surface area contributed by atoms with Crippen molar-refractivity contribution in [2.45, 2.75) is 45.3 Å². The number of hydrogen-bond acceptors (Lipinski definition) is 4. The van der Waals surface area contributed by atoms with Crippen molar-refractivity contribution >= 4 is 0 Å². The van der Waals surface area contributed by atoms with Crippen molar-refractivity contribution in [1.82, 2.24) is 4.90 Å². The highest BCUT2D eigenvalue weighted by Gasteiger charge is 2.20. The molecule has 0 aromatic heterocycles. The van der Waals surface area contributed by atoms with Crippen molar-refractivity contribution in [3.8, 4) is 0 Å². The zero-order valence-corrected chi connectivity index (χ0v) is 11.2. The average Bonchev–Trinajstić information content (AvgIpc) is 2.28. The van der Waals surface area contributed by atoms with Crippen LogP contribution in [-0.4, -0.2) is 55.0 Å². The Kier molecular flexibility index (Phi) is 7.93. The van der Waals surface area contributed by atoms with E-state index in [9.17, 15) is 5.11 Å². The fraction of sp³-hybridized carbons (Fsp3) is 1.00. The van der Waals surface area contributed by atoms with Crippen molar-refractivity contribution in [3.63, 3.8) is 0 Å². The Hall–Kier alpha value is -0.160. The van der Waals surface area contributed by atoms with E-state index in [-0.39, 0.29) is 0 Å². The van der Waals surface area contributed by atoms with Gasteiger partial charge in [-0.25, -0.2) is 0 Å². The first-order valence-corrected chi connectivity index (χ1v) is 6.12. The van der Waals surface area contributed by atoms with Crippen LogP contribution in [0, 0.1) is 0 Å². The first-order valence-electron chi connectivity index (χ1n) is 6.12. The third kappa shape index (κ3) is 6.43. The normalized spacial score (nSPS) is 17.4. The summed E-state index contributed by atoms with van der Waals surface area (Å²) in [5.74, 6) is 0. The fourth-order valence-corrected chi connectivity index (χ4v) is 1.51. The van der Waals surface area contributed by atoms with Gasteiger partial charge in [0.05, 0.1) is 12.2 Å². The highest BCUT2D eigenvalue weighted by molar-refractivity contribution is 4.77. The molecule has 16 heavy (non-hydrogen) atoms. The quantitative estimate of drug-likeness (QED) is 0.618. The summed E-state index contributed by atoms with van der Waals surface area (Å²) < 4.78 is 5.10. The molecule has 0 aliphatic carbocycles. The van der Waals surface area contributed by atoms with Crippen molar-refractivity contribution in [2.24, 2.45) is 5.73 Å². The first kappa shape index (κ1) is 15.8. The topological polar surface area (TPSA) is 58.7 Å². The Morgan fingerprint density at radius 3 is 2.50 bits per heavy atom. The molecule has 4 nitrogen and oxygen atoms in total. The molecule has 0 fully saturated rings. The van der Waals surface area contributed by atoms with Crippen LogP contribution in [-0.2, 0) is 4.74 Å². The van der Waals surface area contributed by atoms with Crippen LogP contribution in [0.15, 0.2) is 0 Å². The van der Waals surface area contributed by atoms with Gasteiger partial charge < -0.3 is 15.6 Å². The second-order valence-electron chi connectivity index (χ2n) is 4.74. The standard InChI is InChI=1S/C12H28N2O2/c1-5-11(2)14(8-9-16-4)7-6-12(3,15)10-13/h11,15H,5-10,13H2,1-4H3. The number of aliphatic hydroxyl groups is 1. The van der Waals surface area contributed by atoms with Gasteiger partial charge in [0.25, 0.3) is 0 Å². The van der Waals surface area contributed by atoms with Crippen LogP contribution in [0.3, 0.4) is 0 Å². The minimum Gasteiger partial charge on any atom is -0.389 e. The zero-order valence-electron chi connectivity index (χ0n) is 11.2. The SMILES string of the molecule is CCC(C)N(CCOC)CCC(C)(O)CN. The molecule has 0 aromatic rings. The number of nitrogens with zero attached hydrogens (tertiary/aromatic N) is 1. The van der Waals surface area contributed by atoms with E-state index in [4.69, 9.17) is 10.5 Å². The minimum absolute atomic E-state index is 0.311. The average molecular weight is 232 g/mol. The monoisotopic (exact) mass is 232 g/mol.